The molecular formula is C15H22N2O2. The van der Waals surface area contributed by atoms with Crippen LogP contribution in [0.4, 0.5) is 11.4 Å². The molecule has 0 amide bonds. The Labute approximate surface area is 114 Å². The average Bonchev–Trinajstić information content (AvgIpc) is 2.39. The van der Waals surface area contributed by atoms with Gasteiger partial charge in [0, 0.05) is 36.6 Å². The van der Waals surface area contributed by atoms with Crippen LogP contribution in [-0.2, 0) is 0 Å². The lowest BCUT2D eigenvalue weighted by Gasteiger charge is -2.34. The van der Waals surface area contributed by atoms with E-state index in [1.165, 1.54) is 6.42 Å². The Kier molecular flexibility index (Phi) is 4.43. The van der Waals surface area contributed by atoms with Gasteiger partial charge in [-0.3, -0.25) is 4.79 Å². The fraction of sp³-hybridized carbons (Fsp3) is 0.533. The van der Waals surface area contributed by atoms with Crippen LogP contribution in [0, 0.1) is 5.92 Å². The number of Topliss-reactive ketones (excluding diaryl/α,β-unsaturated/α-hetero) is 1. The third-order valence-electron chi connectivity index (χ3n) is 3.84. The SMILES string of the molecule is CC(=O)c1cc(N2CCCC(CCO)C2)ccc1N. The normalized spacial score (nSPS) is 19.5. The van der Waals surface area contributed by atoms with Gasteiger partial charge in [0.2, 0.25) is 0 Å². The van der Waals surface area contributed by atoms with Gasteiger partial charge in [0.15, 0.2) is 5.78 Å². The van der Waals surface area contributed by atoms with Crippen molar-refractivity contribution < 1.29 is 9.90 Å². The Bertz CT molecular complexity index is 457. The molecule has 104 valence electrons. The largest absolute Gasteiger partial charge is 0.398 e. The van der Waals surface area contributed by atoms with Crippen molar-refractivity contribution in [2.75, 3.05) is 30.3 Å². The van der Waals surface area contributed by atoms with E-state index in [0.29, 0.717) is 17.2 Å². The molecule has 1 saturated heterocycles. The highest BCUT2D eigenvalue weighted by molar-refractivity contribution is 6.00. The number of benzene rings is 1. The Morgan fingerprint density at radius 2 is 2.32 bits per heavy atom. The fourth-order valence-corrected chi connectivity index (χ4v) is 2.76. The maximum Gasteiger partial charge on any atom is 0.161 e. The molecule has 0 radical (unpaired) electrons. The standard InChI is InChI=1S/C15H22N2O2/c1-11(19)14-9-13(4-5-15(14)16)17-7-2-3-12(10-17)6-8-18/h4-5,9,12,18H,2-3,6-8,10,16H2,1H3. The Morgan fingerprint density at radius 3 is 3.00 bits per heavy atom. The van der Waals surface area contributed by atoms with Crippen LogP contribution in [0.15, 0.2) is 18.2 Å². The first-order valence-electron chi connectivity index (χ1n) is 6.88. The van der Waals surface area contributed by atoms with Gasteiger partial charge in [0.1, 0.15) is 0 Å². The second-order valence-electron chi connectivity index (χ2n) is 5.29. The van der Waals surface area contributed by atoms with Crippen LogP contribution in [0.2, 0.25) is 0 Å². The average molecular weight is 262 g/mol. The highest BCUT2D eigenvalue weighted by atomic mass is 16.3. The van der Waals surface area contributed by atoms with Crippen molar-refractivity contribution in [3.63, 3.8) is 0 Å². The van der Waals surface area contributed by atoms with Gasteiger partial charge in [-0.25, -0.2) is 0 Å². The summed E-state index contributed by atoms with van der Waals surface area (Å²) in [6.07, 6.45) is 3.15. The van der Waals surface area contributed by atoms with E-state index in [-0.39, 0.29) is 12.4 Å². The maximum atomic E-state index is 11.5. The minimum atomic E-state index is 0.00303. The molecule has 19 heavy (non-hydrogen) atoms. The number of anilines is 2. The second kappa shape index (κ2) is 6.06. The summed E-state index contributed by atoms with van der Waals surface area (Å²) in [4.78, 5) is 13.8. The third-order valence-corrected chi connectivity index (χ3v) is 3.84. The number of carbonyl (C=O) groups is 1. The molecule has 0 spiro atoms. The lowest BCUT2D eigenvalue weighted by molar-refractivity contribution is 0.101. The molecule has 1 aromatic carbocycles. The van der Waals surface area contributed by atoms with Crippen molar-refractivity contribution >= 4 is 17.2 Å². The summed E-state index contributed by atoms with van der Waals surface area (Å²) in [5, 5.41) is 9.05. The van der Waals surface area contributed by atoms with Crippen molar-refractivity contribution in [3.8, 4) is 0 Å². The van der Waals surface area contributed by atoms with E-state index in [1.807, 2.05) is 18.2 Å². The second-order valence-corrected chi connectivity index (χ2v) is 5.29. The summed E-state index contributed by atoms with van der Waals surface area (Å²) in [6.45, 7) is 3.74. The number of hydrogen-bond acceptors (Lipinski definition) is 4. The van der Waals surface area contributed by atoms with Crippen LogP contribution >= 0.6 is 0 Å². The number of nitrogens with zero attached hydrogens (tertiary/aromatic N) is 1. The van der Waals surface area contributed by atoms with Gasteiger partial charge in [-0.05, 0) is 50.3 Å². The van der Waals surface area contributed by atoms with Gasteiger partial charge >= 0.3 is 0 Å². The molecule has 1 aliphatic rings. The number of piperidine rings is 1. The van der Waals surface area contributed by atoms with Crippen LogP contribution in [0.5, 0.6) is 0 Å². The van der Waals surface area contributed by atoms with Gasteiger partial charge in [-0.15, -0.1) is 0 Å². The smallest absolute Gasteiger partial charge is 0.161 e. The number of rotatable bonds is 4. The van der Waals surface area contributed by atoms with Crippen molar-refractivity contribution in [3.05, 3.63) is 23.8 Å². The summed E-state index contributed by atoms with van der Waals surface area (Å²) < 4.78 is 0. The Morgan fingerprint density at radius 1 is 1.53 bits per heavy atom. The molecule has 3 N–H and O–H groups in total. The number of ketones is 1. The zero-order valence-electron chi connectivity index (χ0n) is 11.4. The topological polar surface area (TPSA) is 66.6 Å². The monoisotopic (exact) mass is 262 g/mol. The van der Waals surface area contributed by atoms with Gasteiger partial charge < -0.3 is 15.7 Å². The molecule has 4 heteroatoms. The quantitative estimate of drug-likeness (QED) is 0.644. The molecule has 0 saturated carbocycles. The minimum Gasteiger partial charge on any atom is -0.398 e. The molecule has 1 fully saturated rings. The zero-order valence-corrected chi connectivity index (χ0v) is 11.4. The van der Waals surface area contributed by atoms with E-state index in [0.717, 1.165) is 31.6 Å². The van der Waals surface area contributed by atoms with Crippen LogP contribution < -0.4 is 10.6 Å². The number of aliphatic hydroxyl groups excluding tert-OH is 1. The van der Waals surface area contributed by atoms with Crippen molar-refractivity contribution in [1.82, 2.24) is 0 Å². The molecule has 1 aliphatic heterocycles. The van der Waals surface area contributed by atoms with Gasteiger partial charge in [-0.2, -0.15) is 0 Å². The van der Waals surface area contributed by atoms with Crippen LogP contribution in [0.25, 0.3) is 0 Å². The van der Waals surface area contributed by atoms with Gasteiger partial charge in [-0.1, -0.05) is 0 Å². The first-order chi connectivity index (χ1) is 9.11. The summed E-state index contributed by atoms with van der Waals surface area (Å²) in [6, 6.07) is 5.67. The third kappa shape index (κ3) is 3.26. The first-order valence-corrected chi connectivity index (χ1v) is 6.88. The number of nitrogens with two attached hydrogens (primary N) is 1. The van der Waals surface area contributed by atoms with Crippen molar-refractivity contribution in [2.24, 2.45) is 5.92 Å². The van der Waals surface area contributed by atoms with E-state index in [1.54, 1.807) is 6.92 Å². The molecule has 1 unspecified atom stereocenters. The lowest BCUT2D eigenvalue weighted by atomic mass is 9.94. The Hall–Kier alpha value is -1.55. The zero-order chi connectivity index (χ0) is 13.8. The highest BCUT2D eigenvalue weighted by Crippen LogP contribution is 2.27. The molecule has 1 atom stereocenters. The number of hydrogen-bond donors (Lipinski definition) is 2. The van der Waals surface area contributed by atoms with Crippen LogP contribution in [0.3, 0.4) is 0 Å². The highest BCUT2D eigenvalue weighted by Gasteiger charge is 2.20. The molecule has 1 heterocycles. The van der Waals surface area contributed by atoms with E-state index in [9.17, 15) is 4.79 Å². The number of carbonyl (C=O) groups excluding carboxylic acids is 1. The summed E-state index contributed by atoms with van der Waals surface area (Å²) in [7, 11) is 0. The number of nitrogen functional groups attached to an aromatic ring is 1. The van der Waals surface area contributed by atoms with E-state index >= 15 is 0 Å². The van der Waals surface area contributed by atoms with Gasteiger partial charge in [0.25, 0.3) is 0 Å². The molecule has 2 rings (SSSR count). The fourth-order valence-electron chi connectivity index (χ4n) is 2.76. The molecule has 4 nitrogen and oxygen atoms in total. The van der Waals surface area contributed by atoms with Gasteiger partial charge in [0.05, 0.1) is 0 Å². The predicted molar refractivity (Wildman–Crippen MR) is 77.5 cm³/mol. The maximum absolute atomic E-state index is 11.5. The molecule has 0 aliphatic carbocycles. The van der Waals surface area contributed by atoms with E-state index in [4.69, 9.17) is 10.8 Å². The first kappa shape index (κ1) is 13.9. The Balaban J connectivity index is 2.17. The number of aliphatic hydroxyl groups is 1. The molecular weight excluding hydrogens is 240 g/mol. The molecule has 0 aromatic heterocycles. The van der Waals surface area contributed by atoms with Crippen LogP contribution in [0.1, 0.15) is 36.5 Å². The van der Waals surface area contributed by atoms with Crippen LogP contribution in [-0.4, -0.2) is 30.6 Å². The van der Waals surface area contributed by atoms with Crippen molar-refractivity contribution in [2.45, 2.75) is 26.2 Å². The summed E-state index contributed by atoms with van der Waals surface area (Å²) >= 11 is 0. The van der Waals surface area contributed by atoms with E-state index < -0.39 is 0 Å². The summed E-state index contributed by atoms with van der Waals surface area (Å²) in [5.74, 6) is 0.542. The lowest BCUT2D eigenvalue weighted by Crippen LogP contribution is -2.35. The van der Waals surface area contributed by atoms with Crippen molar-refractivity contribution in [1.29, 1.82) is 0 Å². The molecule has 0 bridgehead atoms. The van der Waals surface area contributed by atoms with E-state index in [2.05, 4.69) is 4.90 Å². The minimum absolute atomic E-state index is 0.00303. The predicted octanol–water partition coefficient (Wildman–Crippen LogP) is 2.07. The summed E-state index contributed by atoms with van der Waals surface area (Å²) in [5.41, 5.74) is 8.02. The molecule has 1 aromatic rings.